The van der Waals surface area contributed by atoms with Crippen LogP contribution in [0.2, 0.25) is 10.0 Å². The standard InChI is InChI=1S/C21H23Cl2NO/c1-14(17-7-6-15-4-2-3-5-18(15)12-17)24-21(25)11-9-16-8-10-19(22)13-20(16)23/h6-8,10,12-14H,2-5,9,11H2,1H3,(H,24,25)/t14-/m0/s1. The van der Waals surface area contributed by atoms with E-state index in [-0.39, 0.29) is 11.9 Å². The van der Waals surface area contributed by atoms with Crippen LogP contribution >= 0.6 is 23.2 Å². The summed E-state index contributed by atoms with van der Waals surface area (Å²) >= 11 is 12.1. The normalized spacial score (nSPS) is 14.7. The summed E-state index contributed by atoms with van der Waals surface area (Å²) in [5.41, 5.74) is 5.03. The first-order valence-electron chi connectivity index (χ1n) is 8.88. The Bertz CT molecular complexity index is 772. The fourth-order valence-electron chi connectivity index (χ4n) is 3.39. The summed E-state index contributed by atoms with van der Waals surface area (Å²) in [4.78, 5) is 12.3. The number of aryl methyl sites for hydroxylation is 3. The molecule has 1 aliphatic carbocycles. The molecule has 0 aromatic heterocycles. The van der Waals surface area contributed by atoms with Gasteiger partial charge in [0.05, 0.1) is 6.04 Å². The van der Waals surface area contributed by atoms with Crippen molar-refractivity contribution in [1.29, 1.82) is 0 Å². The number of rotatable bonds is 5. The van der Waals surface area contributed by atoms with E-state index in [0.717, 1.165) is 12.0 Å². The van der Waals surface area contributed by atoms with Gasteiger partial charge in [0, 0.05) is 16.5 Å². The second-order valence-electron chi connectivity index (χ2n) is 6.76. The van der Waals surface area contributed by atoms with Gasteiger partial charge in [-0.2, -0.15) is 0 Å². The van der Waals surface area contributed by atoms with Gasteiger partial charge in [0.15, 0.2) is 0 Å². The number of halogens is 2. The number of carbonyl (C=O) groups excluding carboxylic acids is 1. The summed E-state index contributed by atoms with van der Waals surface area (Å²) in [6, 6.07) is 12.0. The zero-order valence-electron chi connectivity index (χ0n) is 14.4. The number of carbonyl (C=O) groups is 1. The van der Waals surface area contributed by atoms with Crippen molar-refractivity contribution in [2.45, 2.75) is 51.5 Å². The Morgan fingerprint density at radius 3 is 2.60 bits per heavy atom. The predicted octanol–water partition coefficient (Wildman–Crippen LogP) is 5.68. The summed E-state index contributed by atoms with van der Waals surface area (Å²) in [6.45, 7) is 2.04. The van der Waals surface area contributed by atoms with Crippen molar-refractivity contribution in [3.8, 4) is 0 Å². The van der Waals surface area contributed by atoms with Crippen LogP contribution < -0.4 is 5.32 Å². The van der Waals surface area contributed by atoms with Crippen LogP contribution in [0.25, 0.3) is 0 Å². The molecule has 0 heterocycles. The van der Waals surface area contributed by atoms with Crippen molar-refractivity contribution in [3.05, 3.63) is 68.7 Å². The summed E-state index contributed by atoms with van der Waals surface area (Å²) in [5, 5.41) is 4.32. The Balaban J connectivity index is 1.57. The van der Waals surface area contributed by atoms with Gasteiger partial charge in [-0.25, -0.2) is 0 Å². The molecule has 2 aromatic carbocycles. The van der Waals surface area contributed by atoms with Crippen LogP contribution in [0, 0.1) is 0 Å². The molecule has 0 spiro atoms. The first-order chi connectivity index (χ1) is 12.0. The van der Waals surface area contributed by atoms with Crippen molar-refractivity contribution < 1.29 is 4.79 Å². The maximum atomic E-state index is 12.3. The Morgan fingerprint density at radius 2 is 1.84 bits per heavy atom. The van der Waals surface area contributed by atoms with E-state index in [1.54, 1.807) is 12.1 Å². The second kappa shape index (κ2) is 8.25. The van der Waals surface area contributed by atoms with Gasteiger partial charge in [-0.1, -0.05) is 47.5 Å². The molecule has 0 aliphatic heterocycles. The van der Waals surface area contributed by atoms with E-state index in [1.165, 1.54) is 36.0 Å². The molecule has 25 heavy (non-hydrogen) atoms. The average Bonchev–Trinajstić information content (AvgIpc) is 2.60. The second-order valence-corrected chi connectivity index (χ2v) is 7.60. The average molecular weight is 376 g/mol. The van der Waals surface area contributed by atoms with Gasteiger partial charge in [0.2, 0.25) is 5.91 Å². The number of hydrogen-bond acceptors (Lipinski definition) is 1. The van der Waals surface area contributed by atoms with Gasteiger partial charge in [0.1, 0.15) is 0 Å². The summed E-state index contributed by atoms with van der Waals surface area (Å²) in [7, 11) is 0. The lowest BCUT2D eigenvalue weighted by molar-refractivity contribution is -0.121. The van der Waals surface area contributed by atoms with Crippen LogP contribution in [0.4, 0.5) is 0 Å². The summed E-state index contributed by atoms with van der Waals surface area (Å²) < 4.78 is 0. The van der Waals surface area contributed by atoms with Crippen LogP contribution in [0.3, 0.4) is 0 Å². The molecule has 0 saturated carbocycles. The van der Waals surface area contributed by atoms with Crippen LogP contribution in [-0.4, -0.2) is 5.91 Å². The van der Waals surface area contributed by atoms with Gasteiger partial charge >= 0.3 is 0 Å². The molecule has 2 nitrogen and oxygen atoms in total. The molecule has 0 fully saturated rings. The molecule has 2 aromatic rings. The maximum absolute atomic E-state index is 12.3. The number of hydrogen-bond donors (Lipinski definition) is 1. The molecular formula is C21H23Cl2NO. The summed E-state index contributed by atoms with van der Waals surface area (Å²) in [5.74, 6) is 0.0382. The predicted molar refractivity (Wildman–Crippen MR) is 104 cm³/mol. The van der Waals surface area contributed by atoms with E-state index in [4.69, 9.17) is 23.2 Å². The van der Waals surface area contributed by atoms with Crippen molar-refractivity contribution in [1.82, 2.24) is 5.32 Å². The molecule has 0 saturated heterocycles. The molecular weight excluding hydrogens is 353 g/mol. The molecule has 0 unspecified atom stereocenters. The minimum absolute atomic E-state index is 0.0143. The summed E-state index contributed by atoms with van der Waals surface area (Å²) in [6.07, 6.45) is 5.90. The number of nitrogens with one attached hydrogen (secondary N) is 1. The van der Waals surface area contributed by atoms with Crippen molar-refractivity contribution in [2.75, 3.05) is 0 Å². The molecule has 1 aliphatic rings. The molecule has 1 amide bonds. The third-order valence-corrected chi connectivity index (χ3v) is 5.47. The quantitative estimate of drug-likeness (QED) is 0.714. The fraction of sp³-hybridized carbons (Fsp3) is 0.381. The van der Waals surface area contributed by atoms with Gasteiger partial charge in [0.25, 0.3) is 0 Å². The Morgan fingerprint density at radius 1 is 1.08 bits per heavy atom. The topological polar surface area (TPSA) is 29.1 Å². The fourth-order valence-corrected chi connectivity index (χ4v) is 3.90. The molecule has 132 valence electrons. The molecule has 3 rings (SSSR count). The smallest absolute Gasteiger partial charge is 0.220 e. The van der Waals surface area contributed by atoms with Crippen LogP contribution in [0.5, 0.6) is 0 Å². The van der Waals surface area contributed by atoms with Gasteiger partial charge < -0.3 is 5.32 Å². The highest BCUT2D eigenvalue weighted by molar-refractivity contribution is 6.35. The zero-order chi connectivity index (χ0) is 17.8. The lowest BCUT2D eigenvalue weighted by atomic mass is 9.89. The first-order valence-corrected chi connectivity index (χ1v) is 9.63. The van der Waals surface area contributed by atoms with E-state index in [9.17, 15) is 4.79 Å². The lowest BCUT2D eigenvalue weighted by Gasteiger charge is -2.20. The van der Waals surface area contributed by atoms with E-state index in [2.05, 4.69) is 23.5 Å². The highest BCUT2D eigenvalue weighted by Gasteiger charge is 2.14. The largest absolute Gasteiger partial charge is 0.350 e. The van der Waals surface area contributed by atoms with E-state index in [1.807, 2.05) is 13.0 Å². The number of benzene rings is 2. The minimum Gasteiger partial charge on any atom is -0.350 e. The first kappa shape index (κ1) is 18.3. The van der Waals surface area contributed by atoms with E-state index in [0.29, 0.717) is 22.9 Å². The number of amides is 1. The third kappa shape index (κ3) is 4.77. The Hall–Kier alpha value is -1.51. The van der Waals surface area contributed by atoms with E-state index < -0.39 is 0 Å². The lowest BCUT2D eigenvalue weighted by Crippen LogP contribution is -2.27. The molecule has 0 radical (unpaired) electrons. The zero-order valence-corrected chi connectivity index (χ0v) is 16.0. The van der Waals surface area contributed by atoms with Gasteiger partial charge in [-0.3, -0.25) is 4.79 Å². The third-order valence-electron chi connectivity index (χ3n) is 4.89. The molecule has 1 atom stereocenters. The van der Waals surface area contributed by atoms with E-state index >= 15 is 0 Å². The van der Waals surface area contributed by atoms with Gasteiger partial charge in [-0.05, 0) is 73.4 Å². The highest BCUT2D eigenvalue weighted by atomic mass is 35.5. The van der Waals surface area contributed by atoms with Crippen LogP contribution in [0.15, 0.2) is 36.4 Å². The van der Waals surface area contributed by atoms with Crippen LogP contribution in [-0.2, 0) is 24.1 Å². The number of fused-ring (bicyclic) bond motifs is 1. The monoisotopic (exact) mass is 375 g/mol. The Kier molecular flexibility index (Phi) is 6.03. The molecule has 1 N–H and O–H groups in total. The van der Waals surface area contributed by atoms with Crippen molar-refractivity contribution in [2.24, 2.45) is 0 Å². The Labute approximate surface area is 159 Å². The SMILES string of the molecule is C[C@H](NC(=O)CCc1ccc(Cl)cc1Cl)c1ccc2c(c1)CCCC2. The minimum atomic E-state index is 0.0143. The van der Waals surface area contributed by atoms with Crippen molar-refractivity contribution in [3.63, 3.8) is 0 Å². The highest BCUT2D eigenvalue weighted by Crippen LogP contribution is 2.25. The van der Waals surface area contributed by atoms with Gasteiger partial charge in [-0.15, -0.1) is 0 Å². The van der Waals surface area contributed by atoms with Crippen LogP contribution in [0.1, 0.15) is 54.5 Å². The molecule has 0 bridgehead atoms. The maximum Gasteiger partial charge on any atom is 0.220 e. The molecule has 4 heteroatoms. The van der Waals surface area contributed by atoms with Crippen molar-refractivity contribution >= 4 is 29.1 Å².